The Balaban J connectivity index is 0.00000468. The molecule has 12 heteroatoms. The minimum absolute atomic E-state index is 0. The standard InChI is InChI=1S/C36H48As2N2O3S5.CH4/c1-6-7-8-18-39-31-16-14-27(37-44-20-21-45-37)25-29(31)35(2,3)33(39)12-11-13-34-36(4,5)30-26-28(38-46-22-23-47-38)15-17-32(30)40(34)19-9-10-24-48(41,42)43;/h11-17,25-26H,6-10,18-24H2,1-5H3;1H4. The Hall–Kier alpha value is -0.183. The Kier molecular flexibility index (Phi) is 13.8. The fraction of sp³-hybridized carbons (Fsp3) is 0.541. The van der Waals surface area contributed by atoms with E-state index in [0.29, 0.717) is 19.4 Å². The van der Waals surface area contributed by atoms with Crippen LogP contribution in [0.15, 0.2) is 60.3 Å². The number of unbranched alkanes of at least 4 members (excludes halogenated alkanes) is 3. The van der Waals surface area contributed by atoms with Gasteiger partial charge in [-0.15, -0.1) is 0 Å². The molecular formula is C37H52As2N2O3S5. The zero-order valence-corrected chi connectivity index (χ0v) is 36.6. The van der Waals surface area contributed by atoms with E-state index in [4.69, 9.17) is 0 Å². The van der Waals surface area contributed by atoms with E-state index in [1.807, 2.05) is 0 Å². The van der Waals surface area contributed by atoms with Crippen molar-refractivity contribution in [2.24, 2.45) is 0 Å². The van der Waals surface area contributed by atoms with E-state index >= 15 is 0 Å². The summed E-state index contributed by atoms with van der Waals surface area (Å²) in [7, 11) is 4.57. The van der Waals surface area contributed by atoms with Gasteiger partial charge < -0.3 is 0 Å². The molecule has 49 heavy (non-hydrogen) atoms. The molecule has 0 unspecified atom stereocenters. The van der Waals surface area contributed by atoms with Crippen LogP contribution in [0.5, 0.6) is 0 Å². The van der Waals surface area contributed by atoms with E-state index in [9.17, 15) is 13.0 Å². The molecule has 0 aromatic heterocycles. The average Bonchev–Trinajstić information content (AvgIpc) is 3.84. The van der Waals surface area contributed by atoms with Crippen LogP contribution >= 0.6 is 40.1 Å². The molecule has 2 aromatic carbocycles. The molecule has 5 nitrogen and oxygen atoms in total. The molecule has 0 saturated carbocycles. The summed E-state index contributed by atoms with van der Waals surface area (Å²) in [5.74, 6) is 4.79. The summed E-state index contributed by atoms with van der Waals surface area (Å²) >= 11 is -2.21. The number of nitrogens with zero attached hydrogens (tertiary/aromatic N) is 2. The molecule has 2 saturated heterocycles. The summed E-state index contributed by atoms with van der Waals surface area (Å²) in [5, 5.41) is 0. The van der Waals surface area contributed by atoms with Crippen molar-refractivity contribution in [3.8, 4) is 0 Å². The molecule has 4 aliphatic rings. The Morgan fingerprint density at radius 2 is 1.47 bits per heavy atom. The van der Waals surface area contributed by atoms with E-state index in [1.54, 1.807) is 4.35 Å². The van der Waals surface area contributed by atoms with Crippen LogP contribution in [-0.2, 0) is 20.9 Å². The molecule has 0 amide bonds. The second kappa shape index (κ2) is 16.9. The van der Waals surface area contributed by atoms with Crippen LogP contribution in [0.25, 0.3) is 0 Å². The molecule has 2 aromatic rings. The monoisotopic (exact) mass is 882 g/mol. The number of hydrogen-bond donors (Lipinski definition) is 0. The first kappa shape index (κ1) is 40.0. The van der Waals surface area contributed by atoms with Gasteiger partial charge in [-0.2, -0.15) is 0 Å². The van der Waals surface area contributed by atoms with Crippen molar-refractivity contribution >= 4 is 101 Å². The molecule has 0 atom stereocenters. The maximum atomic E-state index is 11.4. The summed E-state index contributed by atoms with van der Waals surface area (Å²) in [4.78, 5) is 2.39. The van der Waals surface area contributed by atoms with Crippen LogP contribution in [0.4, 0.5) is 11.4 Å². The van der Waals surface area contributed by atoms with Gasteiger partial charge in [0.25, 0.3) is 0 Å². The Labute approximate surface area is 318 Å². The van der Waals surface area contributed by atoms with Gasteiger partial charge in [0.1, 0.15) is 0 Å². The minimum atomic E-state index is -4.21. The van der Waals surface area contributed by atoms with Crippen molar-refractivity contribution < 1.29 is 17.5 Å². The van der Waals surface area contributed by atoms with Gasteiger partial charge >= 0.3 is 314 Å². The first-order chi connectivity index (χ1) is 22.9. The Morgan fingerprint density at radius 3 is 2.08 bits per heavy atom. The number of rotatable bonds is 13. The molecule has 0 aliphatic carbocycles. The molecule has 2 fully saturated rings. The van der Waals surface area contributed by atoms with Crippen molar-refractivity contribution in [3.05, 3.63) is 71.5 Å². The van der Waals surface area contributed by atoms with E-state index in [2.05, 4.69) is 139 Å². The third-order valence-corrected chi connectivity index (χ3v) is 37.9. The van der Waals surface area contributed by atoms with Crippen molar-refractivity contribution in [1.29, 1.82) is 0 Å². The number of benzene rings is 2. The summed E-state index contributed by atoms with van der Waals surface area (Å²) < 4.78 is 39.8. The SMILES string of the molecule is C.CCCCC[N+]1=C(/C=C/C=C2/N(CCCCS(=O)(=O)[O-])c3ccc([As]4SCCS4)cc3C2(C)C)C(C)(C)c2cc([As]3SCCS3)ccc21. The fourth-order valence-corrected chi connectivity index (χ4v) is 36.0. The van der Waals surface area contributed by atoms with Gasteiger partial charge in [-0.25, -0.2) is 0 Å². The van der Waals surface area contributed by atoms with E-state index < -0.39 is 34.8 Å². The third kappa shape index (κ3) is 8.80. The summed E-state index contributed by atoms with van der Waals surface area (Å²) in [6, 6.07) is 14.5. The number of anilines is 1. The maximum absolute atomic E-state index is 11.4. The van der Waals surface area contributed by atoms with Crippen molar-refractivity contribution in [3.63, 3.8) is 0 Å². The van der Waals surface area contributed by atoms with Crippen LogP contribution in [0.1, 0.15) is 85.3 Å². The predicted octanol–water partition coefficient (Wildman–Crippen LogP) is 7.80. The predicted molar refractivity (Wildman–Crippen MR) is 224 cm³/mol. The van der Waals surface area contributed by atoms with Crippen LogP contribution in [0, 0.1) is 0 Å². The second-order valence-electron chi connectivity index (χ2n) is 13.8. The second-order valence-corrected chi connectivity index (χ2v) is 38.8. The van der Waals surface area contributed by atoms with Crippen molar-refractivity contribution in [2.75, 3.05) is 46.8 Å². The number of allylic oxidation sites excluding steroid dienone is 4. The zero-order chi connectivity index (χ0) is 34.1. The van der Waals surface area contributed by atoms with Crippen LogP contribution in [0.3, 0.4) is 0 Å². The fourth-order valence-electron chi connectivity index (χ4n) is 7.19. The van der Waals surface area contributed by atoms with Gasteiger partial charge in [-0.05, 0) is 0 Å². The average molecular weight is 883 g/mol. The van der Waals surface area contributed by atoms with Gasteiger partial charge in [-0.1, -0.05) is 7.43 Å². The van der Waals surface area contributed by atoms with Crippen molar-refractivity contribution in [2.45, 2.75) is 85.0 Å². The molecule has 0 spiro atoms. The van der Waals surface area contributed by atoms with E-state index in [0.717, 1.165) is 6.54 Å². The van der Waals surface area contributed by atoms with Gasteiger partial charge in [0.2, 0.25) is 0 Å². The molecule has 4 heterocycles. The molecule has 0 radical (unpaired) electrons. The topological polar surface area (TPSA) is 63.5 Å². The summed E-state index contributed by atoms with van der Waals surface area (Å²) in [5.41, 5.74) is 7.73. The van der Waals surface area contributed by atoms with Gasteiger partial charge in [-0.3, -0.25) is 0 Å². The molecule has 0 N–H and O–H groups in total. The van der Waals surface area contributed by atoms with Crippen LogP contribution in [-0.4, -0.2) is 89.8 Å². The Morgan fingerprint density at radius 1 is 0.857 bits per heavy atom. The van der Waals surface area contributed by atoms with Gasteiger partial charge in [0.05, 0.1) is 0 Å². The van der Waals surface area contributed by atoms with Crippen molar-refractivity contribution in [1.82, 2.24) is 0 Å². The normalized spacial score (nSPS) is 21.3. The first-order valence-electron chi connectivity index (χ1n) is 17.1. The van der Waals surface area contributed by atoms with Gasteiger partial charge in [0, 0.05) is 0 Å². The molecule has 268 valence electrons. The first-order valence-corrected chi connectivity index (χ1v) is 33.5. The van der Waals surface area contributed by atoms with Gasteiger partial charge in [0.15, 0.2) is 0 Å². The zero-order valence-electron chi connectivity index (χ0n) is 28.7. The third-order valence-electron chi connectivity index (χ3n) is 9.69. The molecular weight excluding hydrogens is 831 g/mol. The quantitative estimate of drug-likeness (QED) is 0.0876. The van der Waals surface area contributed by atoms with E-state index in [-0.39, 0.29) is 24.0 Å². The Bertz CT molecular complexity index is 1710. The summed E-state index contributed by atoms with van der Waals surface area (Å²) in [6.07, 6.45) is 11.6. The van der Waals surface area contributed by atoms with Crippen LogP contribution < -0.4 is 13.6 Å². The molecule has 4 aliphatic heterocycles. The number of hydrogen-bond acceptors (Lipinski definition) is 8. The van der Waals surface area contributed by atoms with E-state index in [1.165, 1.54) is 80.5 Å². The molecule has 0 bridgehead atoms. The number of fused-ring (bicyclic) bond motifs is 2. The van der Waals surface area contributed by atoms with Crippen LogP contribution in [0.2, 0.25) is 0 Å². The summed E-state index contributed by atoms with van der Waals surface area (Å²) in [6.45, 7) is 13.5. The molecule has 6 rings (SSSR count).